The molecule has 1 aliphatic heterocycles. The Hall–Kier alpha value is -3.59. The van der Waals surface area contributed by atoms with E-state index in [0.29, 0.717) is 29.4 Å². The van der Waals surface area contributed by atoms with Crippen LogP contribution in [0.2, 0.25) is 0 Å². The standard InChI is InChI=1S/C26H26FN5O2S/c1-17-6-9-20(10-7-17)34-15-25-29-19(16-35-25)14-24(33)28-18-8-11-22(27)21(13-18)26-31-30-23-5-3-2-4-12-32(23)26/h6-11,13,16H,2-5,12,14-15H2,1H3,(H,28,33). The largest absolute Gasteiger partial charge is 0.486 e. The van der Waals surface area contributed by atoms with Crippen LogP contribution in [0.1, 0.15) is 41.4 Å². The van der Waals surface area contributed by atoms with Crippen LogP contribution in [-0.4, -0.2) is 25.7 Å². The van der Waals surface area contributed by atoms with Gasteiger partial charge in [-0.25, -0.2) is 9.37 Å². The molecule has 0 saturated carbocycles. The van der Waals surface area contributed by atoms with E-state index in [2.05, 4.69) is 20.5 Å². The highest BCUT2D eigenvalue weighted by atomic mass is 32.1. The summed E-state index contributed by atoms with van der Waals surface area (Å²) in [6.07, 6.45) is 4.16. The maximum Gasteiger partial charge on any atom is 0.230 e. The third kappa shape index (κ3) is 5.57. The van der Waals surface area contributed by atoms with Crippen molar-refractivity contribution < 1.29 is 13.9 Å². The minimum absolute atomic E-state index is 0.119. The summed E-state index contributed by atoms with van der Waals surface area (Å²) in [5.74, 6) is 1.56. The average molecular weight is 492 g/mol. The summed E-state index contributed by atoms with van der Waals surface area (Å²) in [6, 6.07) is 12.4. The number of halogens is 1. The van der Waals surface area contributed by atoms with E-state index in [-0.39, 0.29) is 18.1 Å². The van der Waals surface area contributed by atoms with Crippen molar-refractivity contribution in [1.29, 1.82) is 0 Å². The van der Waals surface area contributed by atoms with Gasteiger partial charge in [0.2, 0.25) is 5.91 Å². The lowest BCUT2D eigenvalue weighted by molar-refractivity contribution is -0.115. The number of anilines is 1. The fourth-order valence-electron chi connectivity index (χ4n) is 4.10. The van der Waals surface area contributed by atoms with Crippen molar-refractivity contribution >= 4 is 22.9 Å². The van der Waals surface area contributed by atoms with Crippen LogP contribution in [-0.2, 0) is 30.8 Å². The molecule has 2 aromatic carbocycles. The summed E-state index contributed by atoms with van der Waals surface area (Å²) in [7, 11) is 0. The number of carbonyl (C=O) groups excluding carboxylic acids is 1. The number of thiazole rings is 1. The maximum atomic E-state index is 14.7. The van der Waals surface area contributed by atoms with E-state index in [9.17, 15) is 9.18 Å². The molecule has 180 valence electrons. The van der Waals surface area contributed by atoms with Gasteiger partial charge in [0.05, 0.1) is 17.7 Å². The maximum absolute atomic E-state index is 14.7. The summed E-state index contributed by atoms with van der Waals surface area (Å²) in [4.78, 5) is 17.2. The number of rotatable bonds is 7. The smallest absolute Gasteiger partial charge is 0.230 e. The summed E-state index contributed by atoms with van der Waals surface area (Å²) >= 11 is 1.45. The fourth-order valence-corrected chi connectivity index (χ4v) is 4.81. The van der Waals surface area contributed by atoms with Gasteiger partial charge in [-0.2, -0.15) is 0 Å². The van der Waals surface area contributed by atoms with Crippen molar-refractivity contribution in [2.75, 3.05) is 5.32 Å². The summed E-state index contributed by atoms with van der Waals surface area (Å²) < 4.78 is 22.5. The lowest BCUT2D eigenvalue weighted by atomic mass is 10.1. The molecule has 0 bridgehead atoms. The summed E-state index contributed by atoms with van der Waals surface area (Å²) in [6.45, 7) is 3.14. The second-order valence-electron chi connectivity index (χ2n) is 8.66. The second kappa shape index (κ2) is 10.4. The molecule has 0 aliphatic carbocycles. The van der Waals surface area contributed by atoms with Crippen molar-refractivity contribution in [2.45, 2.75) is 52.2 Å². The molecule has 9 heteroatoms. The molecular formula is C26H26FN5O2S. The molecule has 5 rings (SSSR count). The topological polar surface area (TPSA) is 81.9 Å². The second-order valence-corrected chi connectivity index (χ2v) is 9.60. The van der Waals surface area contributed by atoms with Gasteiger partial charge in [0.15, 0.2) is 5.82 Å². The Morgan fingerprint density at radius 1 is 1.14 bits per heavy atom. The Bertz CT molecular complexity index is 1330. The van der Waals surface area contributed by atoms with E-state index >= 15 is 0 Å². The molecule has 0 unspecified atom stereocenters. The molecule has 7 nitrogen and oxygen atoms in total. The Labute approximate surface area is 207 Å². The highest BCUT2D eigenvalue weighted by Gasteiger charge is 2.19. The number of nitrogens with zero attached hydrogens (tertiary/aromatic N) is 4. The van der Waals surface area contributed by atoms with Gasteiger partial charge in [0.1, 0.15) is 29.0 Å². The van der Waals surface area contributed by atoms with Crippen molar-refractivity contribution in [3.63, 3.8) is 0 Å². The number of hydrogen-bond acceptors (Lipinski definition) is 6. The lowest BCUT2D eigenvalue weighted by Gasteiger charge is -2.10. The number of nitrogens with one attached hydrogen (secondary N) is 1. The molecule has 4 aromatic rings. The predicted octanol–water partition coefficient (Wildman–Crippen LogP) is 5.34. The number of benzene rings is 2. The quantitative estimate of drug-likeness (QED) is 0.378. The van der Waals surface area contributed by atoms with Crippen molar-refractivity contribution in [2.24, 2.45) is 0 Å². The average Bonchev–Trinajstić information content (AvgIpc) is 3.39. The first kappa shape index (κ1) is 23.2. The van der Waals surface area contributed by atoms with Crippen LogP contribution >= 0.6 is 11.3 Å². The first-order valence-electron chi connectivity index (χ1n) is 11.7. The number of amides is 1. The molecule has 0 fully saturated rings. The summed E-state index contributed by atoms with van der Waals surface area (Å²) in [5.41, 5.74) is 2.69. The van der Waals surface area contributed by atoms with Crippen LogP contribution in [0.5, 0.6) is 5.75 Å². The zero-order valence-electron chi connectivity index (χ0n) is 19.5. The number of hydrogen-bond donors (Lipinski definition) is 1. The minimum atomic E-state index is -0.389. The molecule has 3 heterocycles. The van der Waals surface area contributed by atoms with E-state index in [1.807, 2.05) is 41.1 Å². The first-order valence-corrected chi connectivity index (χ1v) is 12.6. The zero-order valence-corrected chi connectivity index (χ0v) is 20.3. The van der Waals surface area contributed by atoms with Gasteiger partial charge in [0, 0.05) is 24.0 Å². The molecule has 0 atom stereocenters. The molecule has 0 saturated heterocycles. The molecule has 1 N–H and O–H groups in total. The molecule has 35 heavy (non-hydrogen) atoms. The Morgan fingerprint density at radius 3 is 2.86 bits per heavy atom. The van der Waals surface area contributed by atoms with Gasteiger partial charge >= 0.3 is 0 Å². The van der Waals surface area contributed by atoms with Crippen LogP contribution in [0.3, 0.4) is 0 Å². The van der Waals surface area contributed by atoms with E-state index in [4.69, 9.17) is 4.74 Å². The Morgan fingerprint density at radius 2 is 2.00 bits per heavy atom. The summed E-state index contributed by atoms with van der Waals surface area (Å²) in [5, 5.41) is 14.0. The van der Waals surface area contributed by atoms with E-state index in [1.165, 1.54) is 23.0 Å². The Kier molecular flexibility index (Phi) is 6.85. The van der Waals surface area contributed by atoms with Gasteiger partial charge in [-0.1, -0.05) is 24.1 Å². The number of aromatic nitrogens is 4. The van der Waals surface area contributed by atoms with Gasteiger partial charge in [-0.3, -0.25) is 4.79 Å². The highest BCUT2D eigenvalue weighted by Crippen LogP contribution is 2.27. The van der Waals surface area contributed by atoms with Crippen LogP contribution < -0.4 is 10.1 Å². The molecular weight excluding hydrogens is 465 g/mol. The van der Waals surface area contributed by atoms with Crippen LogP contribution in [0, 0.1) is 12.7 Å². The van der Waals surface area contributed by atoms with Crippen LogP contribution in [0.25, 0.3) is 11.4 Å². The molecule has 1 amide bonds. The Balaban J connectivity index is 1.22. The van der Waals surface area contributed by atoms with Gasteiger partial charge in [-0.15, -0.1) is 21.5 Å². The molecule has 0 radical (unpaired) electrons. The highest BCUT2D eigenvalue weighted by molar-refractivity contribution is 7.09. The fraction of sp³-hybridized carbons (Fsp3) is 0.308. The number of aryl methyl sites for hydroxylation is 2. The van der Waals surface area contributed by atoms with E-state index in [1.54, 1.807) is 12.1 Å². The van der Waals surface area contributed by atoms with Crippen molar-refractivity contribution in [3.05, 3.63) is 75.8 Å². The molecule has 2 aromatic heterocycles. The van der Waals surface area contributed by atoms with Crippen LogP contribution in [0.15, 0.2) is 47.8 Å². The monoisotopic (exact) mass is 491 g/mol. The normalized spacial score (nSPS) is 13.2. The number of fused-ring (bicyclic) bond motifs is 1. The van der Waals surface area contributed by atoms with Crippen molar-refractivity contribution in [1.82, 2.24) is 19.7 Å². The van der Waals surface area contributed by atoms with Gasteiger partial charge < -0.3 is 14.6 Å². The van der Waals surface area contributed by atoms with Gasteiger partial charge in [-0.05, 0) is 50.1 Å². The van der Waals surface area contributed by atoms with E-state index < -0.39 is 0 Å². The minimum Gasteiger partial charge on any atom is -0.486 e. The van der Waals surface area contributed by atoms with E-state index in [0.717, 1.165) is 48.8 Å². The number of ether oxygens (including phenoxy) is 1. The SMILES string of the molecule is Cc1ccc(OCc2nc(CC(=O)Nc3ccc(F)c(-c4nnc5n4CCCCC5)c3)cs2)cc1. The van der Waals surface area contributed by atoms with Gasteiger partial charge in [0.25, 0.3) is 0 Å². The third-order valence-electron chi connectivity index (χ3n) is 5.92. The lowest BCUT2D eigenvalue weighted by Crippen LogP contribution is -2.15. The third-order valence-corrected chi connectivity index (χ3v) is 6.80. The number of carbonyl (C=O) groups is 1. The molecule has 0 spiro atoms. The van der Waals surface area contributed by atoms with Crippen LogP contribution in [0.4, 0.5) is 10.1 Å². The van der Waals surface area contributed by atoms with Crippen molar-refractivity contribution in [3.8, 4) is 17.1 Å². The predicted molar refractivity (Wildman–Crippen MR) is 133 cm³/mol. The zero-order chi connectivity index (χ0) is 24.2. The first-order chi connectivity index (χ1) is 17.0. The molecule has 1 aliphatic rings.